The van der Waals surface area contributed by atoms with Crippen LogP contribution in [0.5, 0.6) is 0 Å². The van der Waals surface area contributed by atoms with Crippen molar-refractivity contribution in [2.24, 2.45) is 10.8 Å². The Morgan fingerprint density at radius 1 is 0.567 bits per heavy atom. The molecule has 0 aliphatic carbocycles. The molecular weight excluding hydrogens is 374 g/mol. The highest BCUT2D eigenvalue weighted by Gasteiger charge is 2.42. The standard InChI is InChI=1S/C24H30B2O4/c1-23(2)15-27-25(28-16-23)21(19-11-7-5-8-12-19)22(20-13-9-6-10-14-20)26-29-17-24(3,4)18-30-26/h5-14H,15-18H2,1-4H3. The van der Waals surface area contributed by atoms with E-state index in [4.69, 9.17) is 18.6 Å². The lowest BCUT2D eigenvalue weighted by Gasteiger charge is -2.37. The molecule has 2 aromatic rings. The van der Waals surface area contributed by atoms with Gasteiger partial charge >= 0.3 is 14.2 Å². The Balaban J connectivity index is 1.83. The fourth-order valence-electron chi connectivity index (χ4n) is 3.79. The van der Waals surface area contributed by atoms with Crippen LogP contribution in [0, 0.1) is 10.8 Å². The van der Waals surface area contributed by atoms with Crippen LogP contribution in [-0.2, 0) is 18.6 Å². The second-order valence-corrected chi connectivity index (χ2v) is 9.80. The van der Waals surface area contributed by atoms with E-state index in [2.05, 4.69) is 52.0 Å². The minimum absolute atomic E-state index is 0.00687. The summed E-state index contributed by atoms with van der Waals surface area (Å²) in [6.45, 7) is 11.2. The van der Waals surface area contributed by atoms with Crippen LogP contribution in [0.4, 0.5) is 0 Å². The molecular formula is C24H30B2O4. The predicted molar refractivity (Wildman–Crippen MR) is 123 cm³/mol. The van der Waals surface area contributed by atoms with Gasteiger partial charge in [-0.2, -0.15) is 0 Å². The summed E-state index contributed by atoms with van der Waals surface area (Å²) in [5.74, 6) is 0. The Labute approximate surface area is 180 Å². The number of benzene rings is 2. The Morgan fingerprint density at radius 2 is 0.867 bits per heavy atom. The van der Waals surface area contributed by atoms with Crippen LogP contribution in [0.15, 0.2) is 60.7 Å². The second-order valence-electron chi connectivity index (χ2n) is 9.80. The third-order valence-corrected chi connectivity index (χ3v) is 5.43. The fourth-order valence-corrected chi connectivity index (χ4v) is 3.79. The largest absolute Gasteiger partial charge is 0.494 e. The summed E-state index contributed by atoms with van der Waals surface area (Å²) >= 11 is 0. The summed E-state index contributed by atoms with van der Waals surface area (Å²) in [6.07, 6.45) is 0. The van der Waals surface area contributed by atoms with E-state index in [9.17, 15) is 0 Å². The molecule has 2 fully saturated rings. The second kappa shape index (κ2) is 8.72. The molecule has 156 valence electrons. The average Bonchev–Trinajstić information content (AvgIpc) is 2.74. The molecule has 4 rings (SSSR count). The van der Waals surface area contributed by atoms with E-state index < -0.39 is 14.2 Å². The Hall–Kier alpha value is -1.85. The number of rotatable bonds is 4. The monoisotopic (exact) mass is 404 g/mol. The van der Waals surface area contributed by atoms with Gasteiger partial charge in [0.1, 0.15) is 0 Å². The van der Waals surface area contributed by atoms with E-state index in [-0.39, 0.29) is 10.8 Å². The molecule has 0 amide bonds. The van der Waals surface area contributed by atoms with Gasteiger partial charge < -0.3 is 18.6 Å². The smallest absolute Gasteiger partial charge is 0.407 e. The van der Waals surface area contributed by atoms with Crippen molar-refractivity contribution < 1.29 is 18.6 Å². The highest BCUT2D eigenvalue weighted by Crippen LogP contribution is 2.37. The molecule has 0 N–H and O–H groups in total. The Morgan fingerprint density at radius 3 is 1.17 bits per heavy atom. The fraction of sp³-hybridized carbons (Fsp3) is 0.417. The highest BCUT2D eigenvalue weighted by molar-refractivity contribution is 6.82. The van der Waals surface area contributed by atoms with Gasteiger partial charge in [-0.3, -0.25) is 0 Å². The quantitative estimate of drug-likeness (QED) is 0.542. The lowest BCUT2D eigenvalue weighted by molar-refractivity contribution is 0.0333. The van der Waals surface area contributed by atoms with E-state index in [1.54, 1.807) is 0 Å². The van der Waals surface area contributed by atoms with E-state index in [1.165, 1.54) is 0 Å². The van der Waals surface area contributed by atoms with Gasteiger partial charge in [0.2, 0.25) is 0 Å². The van der Waals surface area contributed by atoms with Gasteiger partial charge in [0, 0.05) is 37.3 Å². The van der Waals surface area contributed by atoms with Gasteiger partial charge in [-0.1, -0.05) is 88.4 Å². The summed E-state index contributed by atoms with van der Waals surface area (Å²) < 4.78 is 25.0. The molecule has 4 nitrogen and oxygen atoms in total. The SMILES string of the molecule is CC1(C)COB(C(=C(B2OCC(C)(C)CO2)c2ccccc2)c2ccccc2)OC1. The van der Waals surface area contributed by atoms with E-state index >= 15 is 0 Å². The molecule has 2 aliphatic rings. The summed E-state index contributed by atoms with van der Waals surface area (Å²) in [5.41, 5.74) is 4.04. The predicted octanol–water partition coefficient (Wildman–Crippen LogP) is 4.80. The van der Waals surface area contributed by atoms with Gasteiger partial charge in [0.15, 0.2) is 0 Å². The lowest BCUT2D eigenvalue weighted by Crippen LogP contribution is -2.45. The van der Waals surface area contributed by atoms with Crippen molar-refractivity contribution in [3.8, 4) is 0 Å². The topological polar surface area (TPSA) is 36.9 Å². The number of hydrogen-bond donors (Lipinski definition) is 0. The third kappa shape index (κ3) is 4.89. The van der Waals surface area contributed by atoms with E-state index in [1.807, 2.05) is 36.4 Å². The molecule has 0 saturated carbocycles. The molecule has 6 heteroatoms. The van der Waals surface area contributed by atoms with Crippen LogP contribution in [0.1, 0.15) is 38.8 Å². The summed E-state index contributed by atoms with van der Waals surface area (Å²) in [5, 5.41) is 0. The highest BCUT2D eigenvalue weighted by atomic mass is 16.6. The van der Waals surface area contributed by atoms with Crippen molar-refractivity contribution in [1.82, 2.24) is 0 Å². The van der Waals surface area contributed by atoms with Crippen molar-refractivity contribution in [2.45, 2.75) is 27.7 Å². The summed E-state index contributed by atoms with van der Waals surface area (Å²) in [4.78, 5) is 0. The molecule has 0 atom stereocenters. The maximum absolute atomic E-state index is 6.25. The first-order valence-electron chi connectivity index (χ1n) is 10.7. The van der Waals surface area contributed by atoms with Crippen LogP contribution in [-0.4, -0.2) is 40.7 Å². The minimum atomic E-state index is -0.474. The van der Waals surface area contributed by atoms with Gasteiger partial charge in [-0.05, 0) is 22.1 Å². The molecule has 2 aliphatic heterocycles. The molecule has 0 spiro atoms. The van der Waals surface area contributed by atoms with Crippen LogP contribution >= 0.6 is 0 Å². The molecule has 0 aromatic heterocycles. The van der Waals surface area contributed by atoms with Gasteiger partial charge in [-0.25, -0.2) is 0 Å². The van der Waals surface area contributed by atoms with Crippen LogP contribution in [0.25, 0.3) is 10.9 Å². The molecule has 0 radical (unpaired) electrons. The van der Waals surface area contributed by atoms with E-state index in [0.29, 0.717) is 26.4 Å². The van der Waals surface area contributed by atoms with Crippen molar-refractivity contribution >= 4 is 25.2 Å². The molecule has 2 saturated heterocycles. The van der Waals surface area contributed by atoms with E-state index in [0.717, 1.165) is 22.1 Å². The van der Waals surface area contributed by atoms with Crippen molar-refractivity contribution in [1.29, 1.82) is 0 Å². The summed E-state index contributed by atoms with van der Waals surface area (Å²) in [6, 6.07) is 20.6. The van der Waals surface area contributed by atoms with Crippen molar-refractivity contribution in [2.75, 3.05) is 26.4 Å². The Bertz CT molecular complexity index is 787. The lowest BCUT2D eigenvalue weighted by atomic mass is 9.59. The maximum Gasteiger partial charge on any atom is 0.494 e. The average molecular weight is 404 g/mol. The van der Waals surface area contributed by atoms with Gasteiger partial charge in [0.05, 0.1) is 0 Å². The first-order valence-corrected chi connectivity index (χ1v) is 10.7. The van der Waals surface area contributed by atoms with Crippen LogP contribution < -0.4 is 0 Å². The first kappa shape index (κ1) is 21.4. The molecule has 2 aromatic carbocycles. The van der Waals surface area contributed by atoms with Gasteiger partial charge in [-0.15, -0.1) is 0 Å². The summed E-state index contributed by atoms with van der Waals surface area (Å²) in [7, 11) is -0.949. The molecule has 0 bridgehead atoms. The third-order valence-electron chi connectivity index (χ3n) is 5.43. The minimum Gasteiger partial charge on any atom is -0.407 e. The molecule has 2 heterocycles. The zero-order valence-electron chi connectivity index (χ0n) is 18.4. The van der Waals surface area contributed by atoms with Gasteiger partial charge in [0.25, 0.3) is 0 Å². The zero-order chi connectivity index (χ0) is 21.2. The normalized spacial score (nSPS) is 21.9. The Kier molecular flexibility index (Phi) is 6.21. The van der Waals surface area contributed by atoms with Crippen molar-refractivity contribution in [3.05, 3.63) is 71.8 Å². The molecule has 0 unspecified atom stereocenters. The maximum atomic E-state index is 6.25. The first-order chi connectivity index (χ1) is 14.3. The van der Waals surface area contributed by atoms with Crippen LogP contribution in [0.3, 0.4) is 0 Å². The van der Waals surface area contributed by atoms with Crippen molar-refractivity contribution in [3.63, 3.8) is 0 Å². The van der Waals surface area contributed by atoms with Crippen LogP contribution in [0.2, 0.25) is 0 Å². The zero-order valence-corrected chi connectivity index (χ0v) is 18.4. The molecule has 30 heavy (non-hydrogen) atoms. The number of hydrogen-bond acceptors (Lipinski definition) is 4.